The van der Waals surface area contributed by atoms with E-state index >= 15 is 0 Å². The van der Waals surface area contributed by atoms with Crippen LogP contribution in [0.5, 0.6) is 0 Å². The van der Waals surface area contributed by atoms with Gasteiger partial charge in [-0.25, -0.2) is 4.98 Å². The Morgan fingerprint density at radius 3 is 2.71 bits per heavy atom. The van der Waals surface area contributed by atoms with Crippen LogP contribution in [0, 0.1) is 0 Å². The third-order valence-corrected chi connectivity index (χ3v) is 3.06. The second kappa shape index (κ2) is 6.26. The SMILES string of the molecule is CCCNc1nc(N(CC)CC(C)(C)O)c2[nH]cnc2n1. The zero-order valence-electron chi connectivity index (χ0n) is 13.1. The summed E-state index contributed by atoms with van der Waals surface area (Å²) in [4.78, 5) is 18.3. The Hall–Kier alpha value is -1.89. The minimum Gasteiger partial charge on any atom is -0.389 e. The van der Waals surface area contributed by atoms with E-state index in [-0.39, 0.29) is 0 Å². The number of anilines is 2. The van der Waals surface area contributed by atoms with Gasteiger partial charge < -0.3 is 20.3 Å². The summed E-state index contributed by atoms with van der Waals surface area (Å²) < 4.78 is 0. The minimum atomic E-state index is -0.801. The Kier molecular flexibility index (Phi) is 4.62. The van der Waals surface area contributed by atoms with Crippen molar-refractivity contribution in [2.75, 3.05) is 29.9 Å². The number of nitrogens with zero attached hydrogens (tertiary/aromatic N) is 4. The molecule has 7 nitrogen and oxygen atoms in total. The van der Waals surface area contributed by atoms with Gasteiger partial charge in [0, 0.05) is 19.6 Å². The van der Waals surface area contributed by atoms with Crippen LogP contribution >= 0.6 is 0 Å². The standard InChI is InChI=1S/C14H24N6O/c1-5-7-15-13-18-11-10(16-9-17-11)12(19-13)20(6-2)8-14(3,4)21/h9,21H,5-8H2,1-4H3,(H2,15,16,17,18,19). The van der Waals surface area contributed by atoms with Crippen molar-refractivity contribution in [2.24, 2.45) is 0 Å². The Morgan fingerprint density at radius 1 is 1.33 bits per heavy atom. The lowest BCUT2D eigenvalue weighted by Crippen LogP contribution is -2.39. The first-order chi connectivity index (χ1) is 9.94. The van der Waals surface area contributed by atoms with Gasteiger partial charge in [-0.1, -0.05) is 6.92 Å². The number of aromatic amines is 1. The van der Waals surface area contributed by atoms with E-state index in [4.69, 9.17) is 0 Å². The van der Waals surface area contributed by atoms with Crippen LogP contribution in [0.1, 0.15) is 34.1 Å². The second-order valence-electron chi connectivity index (χ2n) is 5.73. The number of imidazole rings is 1. The molecule has 2 aromatic rings. The summed E-state index contributed by atoms with van der Waals surface area (Å²) in [6, 6.07) is 0. The Balaban J connectivity index is 2.41. The van der Waals surface area contributed by atoms with Crippen molar-refractivity contribution < 1.29 is 5.11 Å². The third kappa shape index (κ3) is 3.81. The smallest absolute Gasteiger partial charge is 0.226 e. The molecule has 0 saturated carbocycles. The quantitative estimate of drug-likeness (QED) is 0.720. The highest BCUT2D eigenvalue weighted by Crippen LogP contribution is 2.24. The van der Waals surface area contributed by atoms with Crippen molar-refractivity contribution >= 4 is 22.9 Å². The van der Waals surface area contributed by atoms with Crippen molar-refractivity contribution in [3.63, 3.8) is 0 Å². The molecule has 0 fully saturated rings. The van der Waals surface area contributed by atoms with Gasteiger partial charge in [0.1, 0.15) is 5.52 Å². The molecule has 2 heterocycles. The van der Waals surface area contributed by atoms with Gasteiger partial charge in [0.25, 0.3) is 0 Å². The van der Waals surface area contributed by atoms with Gasteiger partial charge in [0.2, 0.25) is 5.95 Å². The summed E-state index contributed by atoms with van der Waals surface area (Å²) in [7, 11) is 0. The van der Waals surface area contributed by atoms with Crippen LogP contribution in [0.4, 0.5) is 11.8 Å². The van der Waals surface area contributed by atoms with Gasteiger partial charge in [0.05, 0.1) is 11.9 Å². The zero-order valence-corrected chi connectivity index (χ0v) is 13.1. The fraction of sp³-hybridized carbons (Fsp3) is 0.643. The highest BCUT2D eigenvalue weighted by atomic mass is 16.3. The van der Waals surface area contributed by atoms with E-state index in [1.807, 2.05) is 11.8 Å². The number of rotatable bonds is 7. The Bertz CT molecular complexity index is 589. The molecule has 116 valence electrons. The van der Waals surface area contributed by atoms with Crippen LogP contribution < -0.4 is 10.2 Å². The molecule has 0 unspecified atom stereocenters. The lowest BCUT2D eigenvalue weighted by atomic mass is 10.1. The predicted molar refractivity (Wildman–Crippen MR) is 84.6 cm³/mol. The van der Waals surface area contributed by atoms with E-state index in [2.05, 4.69) is 32.2 Å². The van der Waals surface area contributed by atoms with Gasteiger partial charge in [-0.2, -0.15) is 9.97 Å². The van der Waals surface area contributed by atoms with Gasteiger partial charge >= 0.3 is 0 Å². The van der Waals surface area contributed by atoms with E-state index in [0.29, 0.717) is 18.1 Å². The summed E-state index contributed by atoms with van der Waals surface area (Å²) in [5.41, 5.74) is 0.626. The first kappa shape index (κ1) is 15.5. The number of aromatic nitrogens is 4. The fourth-order valence-electron chi connectivity index (χ4n) is 2.17. The van der Waals surface area contributed by atoms with Crippen LogP contribution in [-0.4, -0.2) is 50.3 Å². The topological polar surface area (TPSA) is 90.0 Å². The minimum absolute atomic E-state index is 0.488. The number of fused-ring (bicyclic) bond motifs is 1. The molecule has 2 rings (SSSR count). The molecule has 0 spiro atoms. The number of H-pyrrole nitrogens is 1. The summed E-state index contributed by atoms with van der Waals surface area (Å²) in [5, 5.41) is 13.3. The molecule has 0 aliphatic carbocycles. The number of aliphatic hydroxyl groups is 1. The fourth-order valence-corrected chi connectivity index (χ4v) is 2.17. The molecule has 0 saturated heterocycles. The zero-order chi connectivity index (χ0) is 15.5. The molecule has 0 aromatic carbocycles. The van der Waals surface area contributed by atoms with Gasteiger partial charge in [-0.15, -0.1) is 0 Å². The lowest BCUT2D eigenvalue weighted by molar-refractivity contribution is 0.0875. The van der Waals surface area contributed by atoms with E-state index in [1.165, 1.54) is 0 Å². The molecule has 0 radical (unpaired) electrons. The summed E-state index contributed by atoms with van der Waals surface area (Å²) in [5.74, 6) is 1.33. The summed E-state index contributed by atoms with van der Waals surface area (Å²) in [6.07, 6.45) is 2.61. The maximum atomic E-state index is 10.1. The third-order valence-electron chi connectivity index (χ3n) is 3.06. The number of hydrogen-bond donors (Lipinski definition) is 3. The van der Waals surface area contributed by atoms with Crippen molar-refractivity contribution in [1.29, 1.82) is 0 Å². The lowest BCUT2D eigenvalue weighted by Gasteiger charge is -2.29. The van der Waals surface area contributed by atoms with Crippen LogP contribution in [0.2, 0.25) is 0 Å². The van der Waals surface area contributed by atoms with Crippen LogP contribution in [0.15, 0.2) is 6.33 Å². The van der Waals surface area contributed by atoms with Gasteiger partial charge in [-0.05, 0) is 27.2 Å². The average Bonchev–Trinajstić information content (AvgIpc) is 2.89. The molecule has 0 amide bonds. The highest BCUT2D eigenvalue weighted by Gasteiger charge is 2.21. The summed E-state index contributed by atoms with van der Waals surface area (Å²) >= 11 is 0. The first-order valence-corrected chi connectivity index (χ1v) is 7.37. The molecule has 21 heavy (non-hydrogen) atoms. The Morgan fingerprint density at radius 2 is 2.10 bits per heavy atom. The highest BCUT2D eigenvalue weighted by molar-refractivity contribution is 5.84. The largest absolute Gasteiger partial charge is 0.389 e. The summed E-state index contributed by atoms with van der Waals surface area (Å²) in [6.45, 7) is 9.74. The molecule has 2 aromatic heterocycles. The molecule has 3 N–H and O–H groups in total. The molecule has 0 aliphatic heterocycles. The molecule has 0 atom stereocenters. The number of hydrogen-bond acceptors (Lipinski definition) is 6. The van der Waals surface area contributed by atoms with E-state index in [0.717, 1.165) is 30.8 Å². The molecule has 0 aliphatic rings. The maximum absolute atomic E-state index is 10.1. The first-order valence-electron chi connectivity index (χ1n) is 7.37. The van der Waals surface area contributed by atoms with Crippen molar-refractivity contribution in [3.05, 3.63) is 6.33 Å². The van der Waals surface area contributed by atoms with Crippen LogP contribution in [0.3, 0.4) is 0 Å². The van der Waals surface area contributed by atoms with Gasteiger partial charge in [-0.3, -0.25) is 0 Å². The monoisotopic (exact) mass is 292 g/mol. The molecular formula is C14H24N6O. The van der Waals surface area contributed by atoms with Crippen molar-refractivity contribution in [2.45, 2.75) is 39.7 Å². The maximum Gasteiger partial charge on any atom is 0.226 e. The molecule has 7 heteroatoms. The van der Waals surface area contributed by atoms with Crippen LogP contribution in [0.25, 0.3) is 11.2 Å². The molecular weight excluding hydrogens is 268 g/mol. The Labute approximate surface area is 124 Å². The van der Waals surface area contributed by atoms with Gasteiger partial charge in [0.15, 0.2) is 11.5 Å². The average molecular weight is 292 g/mol. The predicted octanol–water partition coefficient (Wildman–Crippen LogP) is 1.77. The van der Waals surface area contributed by atoms with E-state index in [9.17, 15) is 5.11 Å². The molecule has 0 bridgehead atoms. The van der Waals surface area contributed by atoms with Crippen molar-refractivity contribution in [3.8, 4) is 0 Å². The second-order valence-corrected chi connectivity index (χ2v) is 5.73. The van der Waals surface area contributed by atoms with Crippen LogP contribution in [-0.2, 0) is 0 Å². The van der Waals surface area contributed by atoms with E-state index in [1.54, 1.807) is 20.2 Å². The normalized spacial score (nSPS) is 11.9. The van der Waals surface area contributed by atoms with E-state index < -0.39 is 5.60 Å². The number of likely N-dealkylation sites (N-methyl/N-ethyl adjacent to an activating group) is 1. The number of nitrogens with one attached hydrogen (secondary N) is 2. The van der Waals surface area contributed by atoms with Crippen molar-refractivity contribution in [1.82, 2.24) is 19.9 Å².